The smallest absolute Gasteiger partial charge is 0.430 e. The first-order valence-electron chi connectivity index (χ1n) is 6.64. The number of carbonyl (C=O) groups excluding carboxylic acids is 2. The van der Waals surface area contributed by atoms with Gasteiger partial charge in [-0.05, 0) is 6.92 Å². The Hall–Kier alpha value is -3.11. The Kier molecular flexibility index (Phi) is 6.91. The van der Waals surface area contributed by atoms with Crippen molar-refractivity contribution in [2.45, 2.75) is 19.6 Å². The van der Waals surface area contributed by atoms with E-state index in [1.807, 2.05) is 12.1 Å². The van der Waals surface area contributed by atoms with E-state index in [0.29, 0.717) is 5.82 Å². The number of pyridine rings is 1. The van der Waals surface area contributed by atoms with Crippen molar-refractivity contribution < 1.29 is 37.2 Å². The molecule has 0 unspecified atom stereocenters. The number of carboxylic acid groups (broad SMARTS) is 1. The molecule has 0 aliphatic rings. The van der Waals surface area contributed by atoms with Gasteiger partial charge in [0.25, 0.3) is 0 Å². The summed E-state index contributed by atoms with van der Waals surface area (Å²) < 4.78 is 37.9. The van der Waals surface area contributed by atoms with E-state index in [4.69, 9.17) is 9.90 Å². The SMILES string of the molecule is COC(=O)C[n+]1ccc(-c2cnnc(C)n2)cc1.O=C([O-])C(F)(F)F. The molecule has 0 bridgehead atoms. The van der Waals surface area contributed by atoms with Gasteiger partial charge in [-0.3, -0.25) is 0 Å². The molecule has 2 aromatic heterocycles. The zero-order valence-electron chi connectivity index (χ0n) is 13.1. The Labute approximate surface area is 139 Å². The summed E-state index contributed by atoms with van der Waals surface area (Å²) in [6.45, 7) is 1.98. The third kappa shape index (κ3) is 6.89. The second-order valence-electron chi connectivity index (χ2n) is 4.51. The molecule has 0 radical (unpaired) electrons. The highest BCUT2D eigenvalue weighted by Crippen LogP contribution is 2.13. The molecule has 2 heterocycles. The van der Waals surface area contributed by atoms with Crippen LogP contribution in [0.3, 0.4) is 0 Å². The van der Waals surface area contributed by atoms with Crippen LogP contribution in [0, 0.1) is 6.92 Å². The molecule has 0 N–H and O–H groups in total. The second kappa shape index (κ2) is 8.66. The van der Waals surface area contributed by atoms with E-state index in [-0.39, 0.29) is 12.5 Å². The van der Waals surface area contributed by atoms with Gasteiger partial charge in [-0.1, -0.05) is 0 Å². The number of aryl methyl sites for hydroxylation is 1. The highest BCUT2D eigenvalue weighted by molar-refractivity contribution is 5.70. The van der Waals surface area contributed by atoms with Gasteiger partial charge in [0.15, 0.2) is 12.4 Å². The van der Waals surface area contributed by atoms with Gasteiger partial charge in [0.2, 0.25) is 6.54 Å². The minimum atomic E-state index is -5.19. The maximum atomic E-state index is 11.1. The minimum absolute atomic E-state index is 0.192. The van der Waals surface area contributed by atoms with E-state index >= 15 is 0 Å². The highest BCUT2D eigenvalue weighted by atomic mass is 19.4. The van der Waals surface area contributed by atoms with Crippen molar-refractivity contribution in [3.63, 3.8) is 0 Å². The summed E-state index contributed by atoms with van der Waals surface area (Å²) in [5.74, 6) is -2.67. The molecule has 0 saturated heterocycles. The van der Waals surface area contributed by atoms with Crippen molar-refractivity contribution in [3.8, 4) is 11.3 Å². The average molecular weight is 358 g/mol. The summed E-state index contributed by atoms with van der Waals surface area (Å²) >= 11 is 0. The molecule has 0 aromatic carbocycles. The molecule has 0 spiro atoms. The molecule has 25 heavy (non-hydrogen) atoms. The van der Waals surface area contributed by atoms with E-state index in [0.717, 1.165) is 11.3 Å². The Balaban J connectivity index is 0.000000381. The number of ether oxygens (including phenoxy) is 1. The number of methoxy groups -OCH3 is 1. The topological polar surface area (TPSA) is 109 Å². The lowest BCUT2D eigenvalue weighted by molar-refractivity contribution is -0.685. The number of nitrogens with zero attached hydrogens (tertiary/aromatic N) is 4. The lowest BCUT2D eigenvalue weighted by Crippen LogP contribution is -2.37. The number of halogens is 3. The standard InChI is InChI=1S/C12H13N4O2.C2HF3O2/c1-9-14-11(7-13-15-9)10-3-5-16(6-4-10)8-12(17)18-2;3-2(4,5)1(6)7/h3-7H,8H2,1-2H3;(H,6,7)/q+1;/p-1. The molecule has 0 fully saturated rings. The number of aliphatic carboxylic acids is 1. The highest BCUT2D eigenvalue weighted by Gasteiger charge is 2.28. The maximum absolute atomic E-state index is 11.1. The Morgan fingerprint density at radius 2 is 1.84 bits per heavy atom. The number of hydrogen-bond donors (Lipinski definition) is 0. The van der Waals surface area contributed by atoms with Crippen molar-refractivity contribution in [1.82, 2.24) is 15.2 Å². The monoisotopic (exact) mass is 358 g/mol. The molecular formula is C14H13F3N4O4. The van der Waals surface area contributed by atoms with Crippen LogP contribution in [-0.4, -0.2) is 40.4 Å². The number of hydrogen-bond acceptors (Lipinski definition) is 7. The Morgan fingerprint density at radius 3 is 2.28 bits per heavy atom. The average Bonchev–Trinajstić information content (AvgIpc) is 2.55. The van der Waals surface area contributed by atoms with E-state index in [1.165, 1.54) is 7.11 Å². The largest absolute Gasteiger partial charge is 0.542 e. The van der Waals surface area contributed by atoms with Gasteiger partial charge in [0, 0.05) is 17.7 Å². The third-order valence-electron chi connectivity index (χ3n) is 2.62. The number of aromatic nitrogens is 4. The zero-order chi connectivity index (χ0) is 19.0. The van der Waals surface area contributed by atoms with Gasteiger partial charge in [0.05, 0.1) is 19.0 Å². The van der Waals surface area contributed by atoms with Gasteiger partial charge in [-0.2, -0.15) is 22.8 Å². The van der Waals surface area contributed by atoms with Gasteiger partial charge in [0.1, 0.15) is 11.8 Å². The molecule has 134 valence electrons. The van der Waals surface area contributed by atoms with Crippen molar-refractivity contribution in [2.75, 3.05) is 7.11 Å². The molecule has 11 heteroatoms. The Morgan fingerprint density at radius 1 is 1.28 bits per heavy atom. The van der Waals surface area contributed by atoms with Crippen LogP contribution in [0.25, 0.3) is 11.3 Å². The number of carbonyl (C=O) groups is 2. The quantitative estimate of drug-likeness (QED) is 0.543. The summed E-state index contributed by atoms with van der Waals surface area (Å²) in [5.41, 5.74) is 1.68. The van der Waals surface area contributed by atoms with Crippen molar-refractivity contribution in [3.05, 3.63) is 36.5 Å². The predicted octanol–water partition coefficient (Wildman–Crippen LogP) is -0.394. The first-order chi connectivity index (χ1) is 11.6. The van der Waals surface area contributed by atoms with E-state index in [9.17, 15) is 18.0 Å². The fourth-order valence-electron chi connectivity index (χ4n) is 1.48. The molecule has 8 nitrogen and oxygen atoms in total. The first-order valence-corrected chi connectivity index (χ1v) is 6.64. The number of carboxylic acids is 1. The van der Waals surface area contributed by atoms with Crippen LogP contribution in [0.4, 0.5) is 13.2 Å². The van der Waals surface area contributed by atoms with E-state index < -0.39 is 12.1 Å². The first kappa shape index (κ1) is 19.9. The summed E-state index contributed by atoms with van der Waals surface area (Å²) in [6.07, 6.45) is 0.000368. The fourth-order valence-corrected chi connectivity index (χ4v) is 1.48. The molecule has 2 aromatic rings. The van der Waals surface area contributed by atoms with Crippen LogP contribution in [0.2, 0.25) is 0 Å². The second-order valence-corrected chi connectivity index (χ2v) is 4.51. The fraction of sp³-hybridized carbons (Fsp3) is 0.286. The summed E-state index contributed by atoms with van der Waals surface area (Å²) in [5, 5.41) is 16.4. The predicted molar refractivity (Wildman–Crippen MR) is 73.3 cm³/mol. The zero-order valence-corrected chi connectivity index (χ0v) is 13.1. The molecule has 0 aliphatic heterocycles. The van der Waals surface area contributed by atoms with E-state index in [2.05, 4.69) is 19.9 Å². The molecule has 0 saturated carbocycles. The summed E-state index contributed by atoms with van der Waals surface area (Å²) in [4.78, 5) is 24.2. The molecule has 0 atom stereocenters. The maximum Gasteiger partial charge on any atom is 0.430 e. The van der Waals surface area contributed by atoms with Gasteiger partial charge >= 0.3 is 12.1 Å². The van der Waals surface area contributed by atoms with E-state index in [1.54, 1.807) is 30.1 Å². The van der Waals surface area contributed by atoms with Crippen molar-refractivity contribution >= 4 is 11.9 Å². The summed E-state index contributed by atoms with van der Waals surface area (Å²) in [7, 11) is 1.37. The van der Waals surface area contributed by atoms with Crippen LogP contribution >= 0.6 is 0 Å². The van der Waals surface area contributed by atoms with Crippen molar-refractivity contribution in [2.24, 2.45) is 0 Å². The normalized spacial score (nSPS) is 10.4. The van der Waals surface area contributed by atoms with Gasteiger partial charge in [-0.15, -0.1) is 5.10 Å². The van der Waals surface area contributed by atoms with Crippen LogP contribution < -0.4 is 9.67 Å². The number of alkyl halides is 3. The summed E-state index contributed by atoms with van der Waals surface area (Å²) in [6, 6.07) is 3.73. The molecule has 0 amide bonds. The number of rotatable bonds is 3. The van der Waals surface area contributed by atoms with Crippen molar-refractivity contribution in [1.29, 1.82) is 0 Å². The Bertz CT molecular complexity index is 736. The number of esters is 1. The third-order valence-corrected chi connectivity index (χ3v) is 2.62. The minimum Gasteiger partial charge on any atom is -0.542 e. The molecule has 0 aliphatic carbocycles. The van der Waals surface area contributed by atoms with Gasteiger partial charge < -0.3 is 14.6 Å². The lowest BCUT2D eigenvalue weighted by Gasteiger charge is -2.03. The van der Waals surface area contributed by atoms with Gasteiger partial charge in [-0.25, -0.2) is 9.78 Å². The molecule has 2 rings (SSSR count). The van der Waals surface area contributed by atoms with Crippen LogP contribution in [0.15, 0.2) is 30.7 Å². The van der Waals surface area contributed by atoms with Crippen LogP contribution in [0.1, 0.15) is 5.82 Å². The molecular weight excluding hydrogens is 345 g/mol. The lowest BCUT2D eigenvalue weighted by atomic mass is 10.2. The van der Waals surface area contributed by atoms with Crippen LogP contribution in [0.5, 0.6) is 0 Å². The van der Waals surface area contributed by atoms with Crippen LogP contribution in [-0.2, 0) is 20.9 Å².